The Bertz CT molecular complexity index is 353. The van der Waals surface area contributed by atoms with Crippen molar-refractivity contribution in [1.82, 2.24) is 9.97 Å². The van der Waals surface area contributed by atoms with Crippen LogP contribution < -0.4 is 0 Å². The highest BCUT2D eigenvalue weighted by molar-refractivity contribution is 5.64. The lowest BCUT2D eigenvalue weighted by Crippen LogP contribution is -2.13. The number of rotatable bonds is 2. The topological polar surface area (TPSA) is 41.0 Å². The molecule has 0 fully saturated rings. The van der Waals surface area contributed by atoms with Crippen molar-refractivity contribution in [3.63, 3.8) is 0 Å². The summed E-state index contributed by atoms with van der Waals surface area (Å²) in [6, 6.07) is 0. The molecule has 3 nitrogen and oxygen atoms in total. The molecule has 0 aliphatic rings. The zero-order valence-corrected chi connectivity index (χ0v) is 9.26. The van der Waals surface area contributed by atoms with E-state index in [1.54, 1.807) is 12.3 Å². The second-order valence-electron chi connectivity index (χ2n) is 4.16. The predicted molar refractivity (Wildman–Crippen MR) is 61.2 cm³/mol. The molecule has 3 heteroatoms. The fourth-order valence-corrected chi connectivity index (χ4v) is 1.10. The molecule has 0 amide bonds. The Balaban J connectivity index is 3.19. The van der Waals surface area contributed by atoms with Crippen LogP contribution in [0.15, 0.2) is 11.6 Å². The van der Waals surface area contributed by atoms with E-state index in [4.69, 9.17) is 0 Å². The third-order valence-electron chi connectivity index (χ3n) is 1.88. The van der Waals surface area contributed by atoms with Crippen LogP contribution in [-0.2, 0) is 5.41 Å². The summed E-state index contributed by atoms with van der Waals surface area (Å²) < 4.78 is 0. The van der Waals surface area contributed by atoms with Crippen LogP contribution >= 0.6 is 0 Å². The highest BCUT2D eigenvalue weighted by Crippen LogP contribution is 2.25. The second-order valence-corrected chi connectivity index (χ2v) is 4.16. The lowest BCUT2D eigenvalue weighted by molar-refractivity contribution is 0.552. The van der Waals surface area contributed by atoms with Gasteiger partial charge in [-0.2, -0.15) is 0 Å². The number of hydrogen-bond acceptors (Lipinski definition) is 2. The van der Waals surface area contributed by atoms with Gasteiger partial charge in [-0.05, 0) is 13.0 Å². The number of imidazole rings is 1. The molecule has 0 saturated carbocycles. The molecule has 0 spiro atoms. The van der Waals surface area contributed by atoms with Crippen LogP contribution in [0.1, 0.15) is 39.2 Å². The van der Waals surface area contributed by atoms with Crippen LogP contribution in [0.3, 0.4) is 0 Å². The lowest BCUT2D eigenvalue weighted by Gasteiger charge is -2.13. The summed E-state index contributed by atoms with van der Waals surface area (Å²) in [6.07, 6.45) is 3.47. The van der Waals surface area contributed by atoms with Crippen LogP contribution in [0.5, 0.6) is 0 Å². The first-order valence-corrected chi connectivity index (χ1v) is 4.70. The normalized spacial score (nSPS) is 12.3. The van der Waals surface area contributed by atoms with Gasteiger partial charge in [0.05, 0.1) is 5.69 Å². The first-order valence-electron chi connectivity index (χ1n) is 4.70. The van der Waals surface area contributed by atoms with Crippen molar-refractivity contribution in [3.8, 4) is 0 Å². The molecule has 0 aromatic carbocycles. The fourth-order valence-electron chi connectivity index (χ4n) is 1.10. The number of nitrogens with zero attached hydrogens (tertiary/aromatic N) is 2. The number of H-pyrrole nitrogens is 1. The summed E-state index contributed by atoms with van der Waals surface area (Å²) in [6.45, 7) is 11.9. The Labute approximate surface area is 85.0 Å². The van der Waals surface area contributed by atoms with Gasteiger partial charge in [-0.15, -0.1) is 0 Å². The molecule has 1 rings (SSSR count). The quantitative estimate of drug-likeness (QED) is 0.717. The SMILES string of the molecule is C=Cc1[nH]c(C(C)(C)C)nc1/N=C\C. The zero-order valence-electron chi connectivity index (χ0n) is 9.26. The first-order chi connectivity index (χ1) is 6.49. The van der Waals surface area contributed by atoms with Gasteiger partial charge in [0.1, 0.15) is 5.82 Å². The Hall–Kier alpha value is -1.38. The molecule has 1 aromatic heterocycles. The fraction of sp³-hybridized carbons (Fsp3) is 0.455. The van der Waals surface area contributed by atoms with Gasteiger partial charge in [0, 0.05) is 11.6 Å². The van der Waals surface area contributed by atoms with Crippen molar-refractivity contribution >= 4 is 18.1 Å². The van der Waals surface area contributed by atoms with E-state index in [-0.39, 0.29) is 5.41 Å². The summed E-state index contributed by atoms with van der Waals surface area (Å²) in [5.41, 5.74) is 0.896. The van der Waals surface area contributed by atoms with Gasteiger partial charge in [-0.1, -0.05) is 27.4 Å². The summed E-state index contributed by atoms with van der Waals surface area (Å²) in [7, 11) is 0. The zero-order chi connectivity index (χ0) is 10.8. The number of nitrogens with one attached hydrogen (secondary N) is 1. The molecule has 1 aromatic rings. The summed E-state index contributed by atoms with van der Waals surface area (Å²) in [4.78, 5) is 11.8. The highest BCUT2D eigenvalue weighted by Gasteiger charge is 2.19. The smallest absolute Gasteiger partial charge is 0.177 e. The van der Waals surface area contributed by atoms with Crippen molar-refractivity contribution in [2.45, 2.75) is 33.1 Å². The summed E-state index contributed by atoms with van der Waals surface area (Å²) >= 11 is 0. The number of hydrogen-bond donors (Lipinski definition) is 1. The highest BCUT2D eigenvalue weighted by atomic mass is 15.0. The molecule has 0 aliphatic carbocycles. The molecule has 1 N–H and O–H groups in total. The molecule has 1 heterocycles. The van der Waals surface area contributed by atoms with Crippen LogP contribution in [0.2, 0.25) is 0 Å². The van der Waals surface area contributed by atoms with Gasteiger partial charge >= 0.3 is 0 Å². The van der Waals surface area contributed by atoms with Crippen molar-refractivity contribution in [3.05, 3.63) is 18.1 Å². The van der Waals surface area contributed by atoms with Crippen molar-refractivity contribution in [2.75, 3.05) is 0 Å². The Kier molecular flexibility index (Phi) is 2.89. The van der Waals surface area contributed by atoms with E-state index in [1.807, 2.05) is 6.92 Å². The molecule has 76 valence electrons. The largest absolute Gasteiger partial charge is 0.340 e. The van der Waals surface area contributed by atoms with Gasteiger partial charge < -0.3 is 4.98 Å². The van der Waals surface area contributed by atoms with Gasteiger partial charge in [0.2, 0.25) is 0 Å². The summed E-state index contributed by atoms with van der Waals surface area (Å²) in [5.74, 6) is 1.65. The van der Waals surface area contributed by atoms with Gasteiger partial charge in [0.25, 0.3) is 0 Å². The molecule has 0 radical (unpaired) electrons. The summed E-state index contributed by atoms with van der Waals surface area (Å²) in [5, 5.41) is 0. The van der Waals surface area contributed by atoms with Crippen molar-refractivity contribution < 1.29 is 0 Å². The average Bonchev–Trinajstić information content (AvgIpc) is 2.47. The Morgan fingerprint density at radius 1 is 1.43 bits per heavy atom. The molecular weight excluding hydrogens is 174 g/mol. The molecule has 0 saturated heterocycles. The molecule has 0 atom stereocenters. The molecular formula is C11H17N3. The minimum atomic E-state index is 0.0132. The third-order valence-corrected chi connectivity index (χ3v) is 1.88. The molecule has 0 bridgehead atoms. The van der Waals surface area contributed by atoms with E-state index < -0.39 is 0 Å². The van der Waals surface area contributed by atoms with Crippen LogP contribution in [0.4, 0.5) is 5.82 Å². The van der Waals surface area contributed by atoms with E-state index in [2.05, 4.69) is 42.3 Å². The van der Waals surface area contributed by atoms with E-state index in [0.29, 0.717) is 5.82 Å². The molecule has 0 unspecified atom stereocenters. The monoisotopic (exact) mass is 191 g/mol. The first kappa shape index (κ1) is 10.7. The van der Waals surface area contributed by atoms with Crippen LogP contribution in [0, 0.1) is 0 Å². The van der Waals surface area contributed by atoms with Gasteiger partial charge in [-0.25, -0.2) is 9.98 Å². The maximum Gasteiger partial charge on any atom is 0.177 e. The van der Waals surface area contributed by atoms with E-state index >= 15 is 0 Å². The number of aromatic nitrogens is 2. The van der Waals surface area contributed by atoms with Crippen LogP contribution in [-0.4, -0.2) is 16.2 Å². The molecule has 0 aliphatic heterocycles. The minimum Gasteiger partial charge on any atom is -0.340 e. The number of aromatic amines is 1. The second kappa shape index (κ2) is 3.78. The molecule has 14 heavy (non-hydrogen) atoms. The lowest BCUT2D eigenvalue weighted by atomic mass is 9.96. The maximum atomic E-state index is 4.42. The minimum absolute atomic E-state index is 0.0132. The Morgan fingerprint density at radius 2 is 2.07 bits per heavy atom. The third kappa shape index (κ3) is 2.10. The van der Waals surface area contributed by atoms with E-state index in [1.165, 1.54) is 0 Å². The van der Waals surface area contributed by atoms with Crippen molar-refractivity contribution in [2.24, 2.45) is 4.99 Å². The van der Waals surface area contributed by atoms with E-state index in [9.17, 15) is 0 Å². The van der Waals surface area contributed by atoms with E-state index in [0.717, 1.165) is 11.5 Å². The van der Waals surface area contributed by atoms with Crippen LogP contribution in [0.25, 0.3) is 6.08 Å². The average molecular weight is 191 g/mol. The maximum absolute atomic E-state index is 4.42. The van der Waals surface area contributed by atoms with Crippen molar-refractivity contribution in [1.29, 1.82) is 0 Å². The Morgan fingerprint density at radius 3 is 2.50 bits per heavy atom. The predicted octanol–water partition coefficient (Wildman–Crippen LogP) is 3.07. The number of aliphatic imine (C=N–C) groups is 1. The van der Waals surface area contributed by atoms with Gasteiger partial charge in [0.15, 0.2) is 5.82 Å². The standard InChI is InChI=1S/C11H17N3/c1-6-8-9(12-7-2)14-10(13-8)11(3,4)5/h6-7H,1H2,2-5H3,(H,13,14)/b12-7-. The van der Waals surface area contributed by atoms with Gasteiger partial charge in [-0.3, -0.25) is 0 Å².